The van der Waals surface area contributed by atoms with E-state index in [9.17, 15) is 4.39 Å². The minimum Gasteiger partial charge on any atom is -0.324 e. The highest BCUT2D eigenvalue weighted by molar-refractivity contribution is 5.63. The van der Waals surface area contributed by atoms with Crippen molar-refractivity contribution in [3.63, 3.8) is 0 Å². The van der Waals surface area contributed by atoms with Crippen LogP contribution in [0.25, 0.3) is 11.1 Å². The van der Waals surface area contributed by atoms with Gasteiger partial charge in [0.15, 0.2) is 0 Å². The van der Waals surface area contributed by atoms with Gasteiger partial charge < -0.3 is 5.73 Å². The van der Waals surface area contributed by atoms with Crippen LogP contribution in [-0.2, 0) is 0 Å². The molecule has 0 aliphatic rings. The van der Waals surface area contributed by atoms with Crippen LogP contribution in [0.4, 0.5) is 4.39 Å². The molecule has 0 aliphatic heterocycles. The van der Waals surface area contributed by atoms with E-state index in [2.05, 4.69) is 0 Å². The molecule has 2 N–H and O–H groups in total. The average molecular weight is 215 g/mol. The number of hydrogen-bond donors (Lipinski definition) is 1. The van der Waals surface area contributed by atoms with Crippen LogP contribution in [-0.4, -0.2) is 0 Å². The van der Waals surface area contributed by atoms with E-state index in [1.807, 2.05) is 31.2 Å². The largest absolute Gasteiger partial charge is 0.324 e. The van der Waals surface area contributed by atoms with Crippen molar-refractivity contribution in [2.24, 2.45) is 5.73 Å². The molecule has 2 heteroatoms. The molecule has 0 aromatic heterocycles. The van der Waals surface area contributed by atoms with Crippen LogP contribution >= 0.6 is 0 Å². The van der Waals surface area contributed by atoms with E-state index < -0.39 is 0 Å². The monoisotopic (exact) mass is 215 g/mol. The normalized spacial score (nSPS) is 12.4. The molecule has 0 bridgehead atoms. The highest BCUT2D eigenvalue weighted by atomic mass is 19.1. The van der Waals surface area contributed by atoms with Gasteiger partial charge in [-0.1, -0.05) is 36.4 Å². The van der Waals surface area contributed by atoms with Crippen molar-refractivity contribution in [3.8, 4) is 11.1 Å². The fourth-order valence-electron chi connectivity index (χ4n) is 1.62. The SMILES string of the molecule is CC(N)c1ccc(-c2ccc(F)cc2)cc1. The first kappa shape index (κ1) is 10.8. The second-order valence-corrected chi connectivity index (χ2v) is 3.92. The van der Waals surface area contributed by atoms with Crippen LogP contribution in [0.3, 0.4) is 0 Å². The van der Waals surface area contributed by atoms with Crippen LogP contribution in [0.5, 0.6) is 0 Å². The van der Waals surface area contributed by atoms with Gasteiger partial charge in [-0.25, -0.2) is 4.39 Å². The predicted molar refractivity (Wildman–Crippen MR) is 64.4 cm³/mol. The van der Waals surface area contributed by atoms with Crippen molar-refractivity contribution < 1.29 is 4.39 Å². The zero-order valence-corrected chi connectivity index (χ0v) is 9.15. The summed E-state index contributed by atoms with van der Waals surface area (Å²) >= 11 is 0. The molecule has 16 heavy (non-hydrogen) atoms. The standard InChI is InChI=1S/C14H14FN/c1-10(16)11-2-4-12(5-3-11)13-6-8-14(15)9-7-13/h2-10H,16H2,1H3. The van der Waals surface area contributed by atoms with Gasteiger partial charge in [-0.3, -0.25) is 0 Å². The number of halogens is 1. The van der Waals surface area contributed by atoms with Gasteiger partial charge in [-0.15, -0.1) is 0 Å². The molecule has 0 fully saturated rings. The number of hydrogen-bond acceptors (Lipinski definition) is 1. The Kier molecular flexibility index (Phi) is 3.02. The molecular formula is C14H14FN. The van der Waals surface area contributed by atoms with Crippen LogP contribution in [0.15, 0.2) is 48.5 Å². The van der Waals surface area contributed by atoms with E-state index in [1.54, 1.807) is 12.1 Å². The predicted octanol–water partition coefficient (Wildman–Crippen LogP) is 3.51. The van der Waals surface area contributed by atoms with Crippen LogP contribution in [0.1, 0.15) is 18.5 Å². The molecule has 0 spiro atoms. The van der Waals surface area contributed by atoms with E-state index in [4.69, 9.17) is 5.73 Å². The Labute approximate surface area is 94.7 Å². The lowest BCUT2D eigenvalue weighted by atomic mass is 10.0. The molecule has 0 saturated heterocycles. The molecule has 1 nitrogen and oxygen atoms in total. The van der Waals surface area contributed by atoms with Gasteiger partial charge in [-0.2, -0.15) is 0 Å². The van der Waals surface area contributed by atoms with Gasteiger partial charge in [0, 0.05) is 6.04 Å². The number of rotatable bonds is 2. The highest BCUT2D eigenvalue weighted by Crippen LogP contribution is 2.21. The number of benzene rings is 2. The van der Waals surface area contributed by atoms with Crippen molar-refractivity contribution in [1.82, 2.24) is 0 Å². The van der Waals surface area contributed by atoms with E-state index in [-0.39, 0.29) is 11.9 Å². The van der Waals surface area contributed by atoms with E-state index >= 15 is 0 Å². The second kappa shape index (κ2) is 4.45. The second-order valence-electron chi connectivity index (χ2n) is 3.92. The summed E-state index contributed by atoms with van der Waals surface area (Å²) in [6, 6.07) is 14.5. The molecule has 2 rings (SSSR count). The summed E-state index contributed by atoms with van der Waals surface area (Å²) in [7, 11) is 0. The highest BCUT2D eigenvalue weighted by Gasteiger charge is 2.01. The van der Waals surface area contributed by atoms with Crippen molar-refractivity contribution in [2.45, 2.75) is 13.0 Å². The summed E-state index contributed by atoms with van der Waals surface area (Å²) in [6.07, 6.45) is 0. The fourth-order valence-corrected chi connectivity index (χ4v) is 1.62. The summed E-state index contributed by atoms with van der Waals surface area (Å²) < 4.78 is 12.8. The molecule has 0 saturated carbocycles. The quantitative estimate of drug-likeness (QED) is 0.815. The van der Waals surface area contributed by atoms with Gasteiger partial charge in [0.05, 0.1) is 0 Å². The molecule has 1 atom stereocenters. The lowest BCUT2D eigenvalue weighted by Gasteiger charge is -2.07. The maximum atomic E-state index is 12.8. The first-order chi connectivity index (χ1) is 7.66. The first-order valence-electron chi connectivity index (χ1n) is 5.28. The van der Waals surface area contributed by atoms with Gasteiger partial charge in [0.1, 0.15) is 5.82 Å². The van der Waals surface area contributed by atoms with Crippen molar-refractivity contribution in [1.29, 1.82) is 0 Å². The molecule has 0 heterocycles. The van der Waals surface area contributed by atoms with Crippen LogP contribution in [0.2, 0.25) is 0 Å². The van der Waals surface area contributed by atoms with Crippen LogP contribution < -0.4 is 5.73 Å². The summed E-state index contributed by atoms with van der Waals surface area (Å²) in [5.74, 6) is -0.212. The van der Waals surface area contributed by atoms with Crippen molar-refractivity contribution in [2.75, 3.05) is 0 Å². The summed E-state index contributed by atoms with van der Waals surface area (Å²) in [5.41, 5.74) is 8.96. The van der Waals surface area contributed by atoms with E-state index in [0.29, 0.717) is 0 Å². The Morgan fingerprint density at radius 1 is 0.875 bits per heavy atom. The molecule has 1 unspecified atom stereocenters. The minimum atomic E-state index is -0.212. The Hall–Kier alpha value is -1.67. The third-order valence-corrected chi connectivity index (χ3v) is 2.61. The molecule has 82 valence electrons. The minimum absolute atomic E-state index is 0.0438. The number of nitrogens with two attached hydrogens (primary N) is 1. The van der Waals surface area contributed by atoms with Crippen molar-refractivity contribution in [3.05, 3.63) is 59.9 Å². The smallest absolute Gasteiger partial charge is 0.123 e. The molecule has 2 aromatic carbocycles. The van der Waals surface area contributed by atoms with Gasteiger partial charge >= 0.3 is 0 Å². The fraction of sp³-hybridized carbons (Fsp3) is 0.143. The summed E-state index contributed by atoms with van der Waals surface area (Å²) in [5, 5.41) is 0. The zero-order chi connectivity index (χ0) is 11.5. The van der Waals surface area contributed by atoms with Gasteiger partial charge in [0.2, 0.25) is 0 Å². The summed E-state index contributed by atoms with van der Waals surface area (Å²) in [6.45, 7) is 1.95. The van der Waals surface area contributed by atoms with Crippen molar-refractivity contribution >= 4 is 0 Å². The lowest BCUT2D eigenvalue weighted by Crippen LogP contribution is -2.04. The Morgan fingerprint density at radius 3 is 1.75 bits per heavy atom. The maximum absolute atomic E-state index is 12.8. The molecule has 0 aliphatic carbocycles. The topological polar surface area (TPSA) is 26.0 Å². The molecular weight excluding hydrogens is 201 g/mol. The molecule has 0 radical (unpaired) electrons. The first-order valence-corrected chi connectivity index (χ1v) is 5.28. The average Bonchev–Trinajstić information content (AvgIpc) is 2.30. The molecule has 2 aromatic rings. The third-order valence-electron chi connectivity index (χ3n) is 2.61. The van der Waals surface area contributed by atoms with E-state index in [0.717, 1.165) is 16.7 Å². The summed E-state index contributed by atoms with van der Waals surface area (Å²) in [4.78, 5) is 0. The Balaban J connectivity index is 2.31. The van der Waals surface area contributed by atoms with Gasteiger partial charge in [0.25, 0.3) is 0 Å². The maximum Gasteiger partial charge on any atom is 0.123 e. The Bertz CT molecular complexity index is 457. The Morgan fingerprint density at radius 2 is 1.31 bits per heavy atom. The van der Waals surface area contributed by atoms with E-state index in [1.165, 1.54) is 12.1 Å². The van der Waals surface area contributed by atoms with Gasteiger partial charge in [-0.05, 0) is 35.7 Å². The molecule has 0 amide bonds. The van der Waals surface area contributed by atoms with Crippen LogP contribution in [0, 0.1) is 5.82 Å². The zero-order valence-electron chi connectivity index (χ0n) is 9.15. The lowest BCUT2D eigenvalue weighted by molar-refractivity contribution is 0.628. The third kappa shape index (κ3) is 2.28.